The molecule has 2 aromatic rings. The Morgan fingerprint density at radius 1 is 1.29 bits per heavy atom. The molecule has 8 heteroatoms. The van der Waals surface area contributed by atoms with E-state index in [1.54, 1.807) is 25.7 Å². The standard InChI is InChI=1S/C16H19N3O4S/c1-22-12-5-3-4-10(15(12)23-2)6-7-14(21)19-16-18-11(9-24-16)8-13(17)20/h3-5,9H,6-8H2,1-2H3,(H2,17,20)(H,18,19,21). The Balaban J connectivity index is 1.94. The van der Waals surface area contributed by atoms with Crippen molar-refractivity contribution >= 4 is 28.3 Å². The van der Waals surface area contributed by atoms with Crippen LogP contribution in [0.4, 0.5) is 5.13 Å². The summed E-state index contributed by atoms with van der Waals surface area (Å²) in [7, 11) is 3.14. The highest BCUT2D eigenvalue weighted by atomic mass is 32.1. The largest absolute Gasteiger partial charge is 0.493 e. The summed E-state index contributed by atoms with van der Waals surface area (Å²) in [5, 5.41) is 4.87. The van der Waals surface area contributed by atoms with Gasteiger partial charge < -0.3 is 20.5 Å². The molecule has 1 aromatic carbocycles. The van der Waals surface area contributed by atoms with Crippen molar-refractivity contribution in [2.75, 3.05) is 19.5 Å². The molecule has 0 saturated carbocycles. The van der Waals surface area contributed by atoms with Gasteiger partial charge in [-0.1, -0.05) is 12.1 Å². The Kier molecular flexibility index (Phi) is 6.14. The van der Waals surface area contributed by atoms with Gasteiger partial charge in [0.05, 0.1) is 26.3 Å². The van der Waals surface area contributed by atoms with Crippen molar-refractivity contribution in [2.45, 2.75) is 19.3 Å². The molecule has 7 nitrogen and oxygen atoms in total. The van der Waals surface area contributed by atoms with Crippen LogP contribution in [0.1, 0.15) is 17.7 Å². The summed E-state index contributed by atoms with van der Waals surface area (Å²) in [6.07, 6.45) is 0.841. The van der Waals surface area contributed by atoms with E-state index in [0.29, 0.717) is 28.7 Å². The van der Waals surface area contributed by atoms with Gasteiger partial charge in [0.25, 0.3) is 0 Å². The van der Waals surface area contributed by atoms with Crippen LogP contribution in [0.5, 0.6) is 11.5 Å². The first kappa shape index (κ1) is 17.7. The molecule has 1 aromatic heterocycles. The fraction of sp³-hybridized carbons (Fsp3) is 0.312. The number of benzene rings is 1. The molecule has 0 atom stereocenters. The van der Waals surface area contributed by atoms with Gasteiger partial charge >= 0.3 is 0 Å². The van der Waals surface area contributed by atoms with E-state index >= 15 is 0 Å². The molecule has 0 spiro atoms. The van der Waals surface area contributed by atoms with Crippen molar-refractivity contribution < 1.29 is 19.1 Å². The summed E-state index contributed by atoms with van der Waals surface area (Å²) in [5.74, 6) is 0.639. The van der Waals surface area contributed by atoms with E-state index < -0.39 is 5.91 Å². The summed E-state index contributed by atoms with van der Waals surface area (Å²) in [4.78, 5) is 27.1. The first-order valence-corrected chi connectivity index (χ1v) is 8.14. The number of nitrogens with zero attached hydrogens (tertiary/aromatic N) is 1. The van der Waals surface area contributed by atoms with Crippen LogP contribution >= 0.6 is 11.3 Å². The Labute approximate surface area is 143 Å². The zero-order valence-electron chi connectivity index (χ0n) is 13.5. The second-order valence-corrected chi connectivity index (χ2v) is 5.85. The SMILES string of the molecule is COc1cccc(CCC(=O)Nc2nc(CC(N)=O)cs2)c1OC. The first-order valence-electron chi connectivity index (χ1n) is 7.26. The van der Waals surface area contributed by atoms with Crippen molar-refractivity contribution in [2.24, 2.45) is 5.73 Å². The van der Waals surface area contributed by atoms with Crippen molar-refractivity contribution in [1.82, 2.24) is 4.98 Å². The lowest BCUT2D eigenvalue weighted by Crippen LogP contribution is -2.15. The third kappa shape index (κ3) is 4.69. The number of aromatic nitrogens is 1. The van der Waals surface area contributed by atoms with E-state index in [1.165, 1.54) is 11.3 Å². The van der Waals surface area contributed by atoms with Crippen LogP contribution in [-0.2, 0) is 22.4 Å². The number of primary amides is 1. The van der Waals surface area contributed by atoms with Crippen molar-refractivity contribution in [1.29, 1.82) is 0 Å². The highest BCUT2D eigenvalue weighted by Crippen LogP contribution is 2.31. The van der Waals surface area contributed by atoms with Crippen LogP contribution in [0.3, 0.4) is 0 Å². The molecular weight excluding hydrogens is 330 g/mol. The van der Waals surface area contributed by atoms with Gasteiger partial charge in [-0.3, -0.25) is 9.59 Å². The number of hydrogen-bond donors (Lipinski definition) is 2. The van der Waals surface area contributed by atoms with E-state index in [4.69, 9.17) is 15.2 Å². The number of methoxy groups -OCH3 is 2. The van der Waals surface area contributed by atoms with Crippen LogP contribution in [-0.4, -0.2) is 31.0 Å². The van der Waals surface area contributed by atoms with Gasteiger partial charge in [0, 0.05) is 11.8 Å². The third-order valence-electron chi connectivity index (χ3n) is 3.26. The lowest BCUT2D eigenvalue weighted by Gasteiger charge is -2.12. The molecule has 0 aliphatic carbocycles. The molecular formula is C16H19N3O4S. The molecule has 0 aliphatic heterocycles. The van der Waals surface area contributed by atoms with Crippen LogP contribution in [0.25, 0.3) is 0 Å². The van der Waals surface area contributed by atoms with E-state index in [9.17, 15) is 9.59 Å². The number of rotatable bonds is 8. The Hall–Kier alpha value is -2.61. The van der Waals surface area contributed by atoms with Gasteiger partial charge in [-0.25, -0.2) is 4.98 Å². The van der Waals surface area contributed by atoms with Gasteiger partial charge in [0.15, 0.2) is 16.6 Å². The molecule has 1 heterocycles. The molecule has 0 saturated heterocycles. The maximum atomic E-state index is 12.1. The minimum absolute atomic E-state index is 0.0629. The normalized spacial score (nSPS) is 10.2. The number of ether oxygens (including phenoxy) is 2. The summed E-state index contributed by atoms with van der Waals surface area (Å²) < 4.78 is 10.6. The number of para-hydroxylation sites is 1. The highest BCUT2D eigenvalue weighted by molar-refractivity contribution is 7.13. The lowest BCUT2D eigenvalue weighted by atomic mass is 10.1. The number of thiazole rings is 1. The van der Waals surface area contributed by atoms with Crippen molar-refractivity contribution in [3.05, 3.63) is 34.8 Å². The van der Waals surface area contributed by atoms with Crippen molar-refractivity contribution in [3.63, 3.8) is 0 Å². The molecule has 3 N–H and O–H groups in total. The van der Waals surface area contributed by atoms with Crippen LogP contribution < -0.4 is 20.5 Å². The van der Waals surface area contributed by atoms with Gasteiger partial charge in [-0.05, 0) is 18.1 Å². The van der Waals surface area contributed by atoms with E-state index in [0.717, 1.165) is 5.56 Å². The molecule has 24 heavy (non-hydrogen) atoms. The predicted molar refractivity (Wildman–Crippen MR) is 91.5 cm³/mol. The number of hydrogen-bond acceptors (Lipinski definition) is 6. The van der Waals surface area contributed by atoms with Gasteiger partial charge in [0.1, 0.15) is 0 Å². The second-order valence-electron chi connectivity index (χ2n) is 4.99. The average molecular weight is 349 g/mol. The molecule has 2 rings (SSSR count). The predicted octanol–water partition coefficient (Wildman–Crippen LogP) is 1.76. The smallest absolute Gasteiger partial charge is 0.226 e. The number of nitrogens with two attached hydrogens (primary N) is 1. The Morgan fingerprint density at radius 2 is 2.08 bits per heavy atom. The summed E-state index contributed by atoms with van der Waals surface area (Å²) >= 11 is 1.26. The zero-order valence-corrected chi connectivity index (χ0v) is 14.3. The monoisotopic (exact) mass is 349 g/mol. The number of nitrogens with one attached hydrogen (secondary N) is 1. The molecule has 0 unspecified atom stereocenters. The minimum Gasteiger partial charge on any atom is -0.493 e. The molecule has 2 amide bonds. The quantitative estimate of drug-likeness (QED) is 0.756. The minimum atomic E-state index is -0.455. The molecule has 0 aliphatic rings. The topological polar surface area (TPSA) is 104 Å². The average Bonchev–Trinajstić information content (AvgIpc) is 2.98. The first-order chi connectivity index (χ1) is 11.5. The van der Waals surface area contributed by atoms with Crippen LogP contribution in [0.15, 0.2) is 23.6 Å². The van der Waals surface area contributed by atoms with Crippen molar-refractivity contribution in [3.8, 4) is 11.5 Å². The van der Waals surface area contributed by atoms with Gasteiger partial charge in [0.2, 0.25) is 11.8 Å². The number of anilines is 1. The van der Waals surface area contributed by atoms with E-state index in [1.807, 2.05) is 12.1 Å². The maximum absolute atomic E-state index is 12.1. The fourth-order valence-corrected chi connectivity index (χ4v) is 2.93. The molecule has 0 fully saturated rings. The lowest BCUT2D eigenvalue weighted by molar-refractivity contribution is -0.117. The summed E-state index contributed by atoms with van der Waals surface area (Å²) in [5.41, 5.74) is 6.56. The van der Waals surface area contributed by atoms with Gasteiger partial charge in [-0.15, -0.1) is 11.3 Å². The number of aryl methyl sites for hydroxylation is 1. The van der Waals surface area contributed by atoms with E-state index in [2.05, 4.69) is 10.3 Å². The number of carbonyl (C=O) groups excluding carboxylic acids is 2. The van der Waals surface area contributed by atoms with Gasteiger partial charge in [-0.2, -0.15) is 0 Å². The number of amides is 2. The summed E-state index contributed by atoms with van der Waals surface area (Å²) in [6.45, 7) is 0. The maximum Gasteiger partial charge on any atom is 0.226 e. The fourth-order valence-electron chi connectivity index (χ4n) is 2.20. The number of carbonyl (C=O) groups is 2. The van der Waals surface area contributed by atoms with E-state index in [-0.39, 0.29) is 18.7 Å². The highest BCUT2D eigenvalue weighted by Gasteiger charge is 2.12. The molecule has 0 bridgehead atoms. The Bertz CT molecular complexity index is 730. The van der Waals surface area contributed by atoms with Crippen LogP contribution in [0, 0.1) is 0 Å². The third-order valence-corrected chi connectivity index (χ3v) is 4.07. The molecule has 128 valence electrons. The molecule has 0 radical (unpaired) electrons. The zero-order chi connectivity index (χ0) is 17.5. The second kappa shape index (κ2) is 8.30. The summed E-state index contributed by atoms with van der Waals surface area (Å²) in [6, 6.07) is 5.55. The van der Waals surface area contributed by atoms with Crippen LogP contribution in [0.2, 0.25) is 0 Å². The Morgan fingerprint density at radius 3 is 2.75 bits per heavy atom.